The Morgan fingerprint density at radius 1 is 1.69 bits per heavy atom. The van der Waals surface area contributed by atoms with Gasteiger partial charge in [0.2, 0.25) is 5.84 Å². The van der Waals surface area contributed by atoms with Crippen LogP contribution in [0, 0.1) is 17.0 Å². The lowest BCUT2D eigenvalue weighted by molar-refractivity contribution is -0.617. The van der Waals surface area contributed by atoms with Gasteiger partial charge in [-0.15, -0.1) is 8.78 Å². The number of halogens is 2. The van der Waals surface area contributed by atoms with Gasteiger partial charge in [-0.05, 0) is 12.5 Å². The summed E-state index contributed by atoms with van der Waals surface area (Å²) in [5, 5.41) is 9.97. The van der Waals surface area contributed by atoms with Gasteiger partial charge in [-0.3, -0.25) is 15.1 Å². The summed E-state index contributed by atoms with van der Waals surface area (Å²) in [7, 11) is 0. The first-order valence-corrected chi connectivity index (χ1v) is 4.20. The SMILES string of the molecule is Cc1cocc1CN=C(N)C(F)(F)[N+](=O)[O-]. The highest BCUT2D eigenvalue weighted by atomic mass is 19.3. The van der Waals surface area contributed by atoms with E-state index in [0.29, 0.717) is 11.1 Å². The Labute approximate surface area is 88.9 Å². The summed E-state index contributed by atoms with van der Waals surface area (Å²) in [6.45, 7) is 1.51. The molecule has 6 nitrogen and oxygen atoms in total. The first kappa shape index (κ1) is 12.1. The molecular formula is C8H9F2N3O3. The third kappa shape index (κ3) is 2.33. The zero-order valence-electron chi connectivity index (χ0n) is 8.31. The molecule has 8 heteroatoms. The van der Waals surface area contributed by atoms with Crippen molar-refractivity contribution in [2.45, 2.75) is 19.5 Å². The van der Waals surface area contributed by atoms with Crippen LogP contribution >= 0.6 is 0 Å². The molecule has 0 aliphatic carbocycles. The predicted octanol–water partition coefficient (Wildman–Crippen LogP) is 1.31. The van der Waals surface area contributed by atoms with Gasteiger partial charge in [-0.1, -0.05) is 0 Å². The van der Waals surface area contributed by atoms with Gasteiger partial charge < -0.3 is 10.2 Å². The molecule has 0 saturated heterocycles. The van der Waals surface area contributed by atoms with Crippen molar-refractivity contribution in [3.05, 3.63) is 33.8 Å². The molecule has 0 aliphatic heterocycles. The minimum absolute atomic E-state index is 0.183. The van der Waals surface area contributed by atoms with E-state index >= 15 is 0 Å². The van der Waals surface area contributed by atoms with Crippen LogP contribution in [-0.4, -0.2) is 16.8 Å². The second-order valence-corrected chi connectivity index (χ2v) is 3.08. The van der Waals surface area contributed by atoms with Crippen molar-refractivity contribution in [2.24, 2.45) is 10.7 Å². The molecule has 16 heavy (non-hydrogen) atoms. The van der Waals surface area contributed by atoms with Gasteiger partial charge in [0.25, 0.3) is 0 Å². The Kier molecular flexibility index (Phi) is 3.21. The second kappa shape index (κ2) is 4.25. The molecule has 1 heterocycles. The summed E-state index contributed by atoms with van der Waals surface area (Å²) in [4.78, 5) is 11.4. The lowest BCUT2D eigenvalue weighted by Crippen LogP contribution is -2.42. The minimum atomic E-state index is -4.34. The monoisotopic (exact) mass is 233 g/mol. The number of nitrogens with zero attached hydrogens (tertiary/aromatic N) is 2. The molecule has 0 saturated carbocycles. The standard InChI is InChI=1S/C8H9F2N3O3/c1-5-3-16-4-6(5)2-12-7(11)8(9,10)13(14)15/h3-4H,2H2,1H3,(H2,11,12). The average Bonchev–Trinajstić information content (AvgIpc) is 2.60. The summed E-state index contributed by atoms with van der Waals surface area (Å²) in [5.41, 5.74) is 6.10. The Balaban J connectivity index is 2.79. The fourth-order valence-corrected chi connectivity index (χ4v) is 0.908. The topological polar surface area (TPSA) is 94.7 Å². The number of nitrogens with two attached hydrogens (primary N) is 1. The van der Waals surface area contributed by atoms with Crippen LogP contribution in [0.2, 0.25) is 0 Å². The van der Waals surface area contributed by atoms with E-state index in [1.165, 1.54) is 12.5 Å². The van der Waals surface area contributed by atoms with Gasteiger partial charge in [0.05, 0.1) is 19.1 Å². The normalized spacial score (nSPS) is 12.8. The average molecular weight is 233 g/mol. The number of furan rings is 1. The molecule has 1 aromatic rings. The molecule has 0 fully saturated rings. The van der Waals surface area contributed by atoms with Crippen LogP contribution in [-0.2, 0) is 6.54 Å². The summed E-state index contributed by atoms with van der Waals surface area (Å²) < 4.78 is 30.2. The lowest BCUT2D eigenvalue weighted by Gasteiger charge is -2.05. The van der Waals surface area contributed by atoms with E-state index in [-0.39, 0.29) is 6.54 Å². The van der Waals surface area contributed by atoms with Gasteiger partial charge in [0, 0.05) is 5.56 Å². The molecular weight excluding hydrogens is 224 g/mol. The Hall–Kier alpha value is -1.99. The molecule has 0 bridgehead atoms. The van der Waals surface area contributed by atoms with Gasteiger partial charge in [-0.2, -0.15) is 0 Å². The first-order valence-electron chi connectivity index (χ1n) is 4.20. The summed E-state index contributed by atoms with van der Waals surface area (Å²) >= 11 is 0. The zero-order valence-corrected chi connectivity index (χ0v) is 8.31. The molecule has 88 valence electrons. The van der Waals surface area contributed by atoms with Crippen molar-refractivity contribution in [1.82, 2.24) is 0 Å². The summed E-state index contributed by atoms with van der Waals surface area (Å²) in [6, 6.07) is -4.34. The van der Waals surface area contributed by atoms with Crippen LogP contribution in [0.3, 0.4) is 0 Å². The second-order valence-electron chi connectivity index (χ2n) is 3.08. The maximum absolute atomic E-state index is 12.7. The number of amidine groups is 1. The molecule has 1 aromatic heterocycles. The molecule has 0 radical (unpaired) electrons. The molecule has 0 atom stereocenters. The first-order chi connectivity index (χ1) is 7.35. The van der Waals surface area contributed by atoms with Gasteiger partial charge in [-0.25, -0.2) is 0 Å². The fourth-order valence-electron chi connectivity index (χ4n) is 0.908. The molecule has 0 unspecified atom stereocenters. The number of aliphatic imine (C=N–C) groups is 1. The number of rotatable bonds is 4. The number of aryl methyl sites for hydroxylation is 1. The predicted molar refractivity (Wildman–Crippen MR) is 50.7 cm³/mol. The molecule has 1 rings (SSSR count). The van der Waals surface area contributed by atoms with Gasteiger partial charge in [0.15, 0.2) is 0 Å². The zero-order chi connectivity index (χ0) is 12.3. The number of hydrogen-bond donors (Lipinski definition) is 1. The van der Waals surface area contributed by atoms with E-state index in [0.717, 1.165) is 0 Å². The molecule has 2 N–H and O–H groups in total. The maximum Gasteiger partial charge on any atom is 0.571 e. The van der Waals surface area contributed by atoms with Crippen LogP contribution in [0.15, 0.2) is 21.9 Å². The Bertz CT molecular complexity index is 428. The summed E-state index contributed by atoms with van der Waals surface area (Å²) in [6.07, 6.45) is 2.73. The largest absolute Gasteiger partial charge is 0.571 e. The van der Waals surface area contributed by atoms with Crippen LogP contribution < -0.4 is 5.73 Å². The van der Waals surface area contributed by atoms with E-state index in [1.807, 2.05) is 0 Å². The lowest BCUT2D eigenvalue weighted by atomic mass is 10.2. The van der Waals surface area contributed by atoms with E-state index in [2.05, 4.69) is 4.99 Å². The molecule has 0 spiro atoms. The highest BCUT2D eigenvalue weighted by Crippen LogP contribution is 2.15. The third-order valence-corrected chi connectivity index (χ3v) is 1.92. The van der Waals surface area contributed by atoms with Crippen molar-refractivity contribution in [2.75, 3.05) is 0 Å². The van der Waals surface area contributed by atoms with Gasteiger partial charge >= 0.3 is 6.05 Å². The highest BCUT2D eigenvalue weighted by Gasteiger charge is 2.49. The molecule has 0 aliphatic rings. The smallest absolute Gasteiger partial charge is 0.472 e. The van der Waals surface area contributed by atoms with Crippen molar-refractivity contribution in [3.63, 3.8) is 0 Å². The molecule has 0 aromatic carbocycles. The quantitative estimate of drug-likeness (QED) is 0.279. The van der Waals surface area contributed by atoms with Crippen molar-refractivity contribution >= 4 is 5.84 Å². The van der Waals surface area contributed by atoms with Crippen LogP contribution in [0.1, 0.15) is 11.1 Å². The van der Waals surface area contributed by atoms with E-state index < -0.39 is 16.8 Å². The number of alkyl halides is 2. The van der Waals surface area contributed by atoms with E-state index in [1.54, 1.807) is 6.92 Å². The molecule has 0 amide bonds. The van der Waals surface area contributed by atoms with Crippen LogP contribution in [0.25, 0.3) is 0 Å². The fraction of sp³-hybridized carbons (Fsp3) is 0.375. The van der Waals surface area contributed by atoms with E-state index in [4.69, 9.17) is 10.2 Å². The summed E-state index contributed by atoms with van der Waals surface area (Å²) in [5.74, 6) is -1.32. The van der Waals surface area contributed by atoms with Crippen LogP contribution in [0.5, 0.6) is 0 Å². The van der Waals surface area contributed by atoms with Crippen LogP contribution in [0.4, 0.5) is 8.78 Å². The van der Waals surface area contributed by atoms with E-state index in [9.17, 15) is 18.9 Å². The highest BCUT2D eigenvalue weighted by molar-refractivity contribution is 5.85. The minimum Gasteiger partial charge on any atom is -0.472 e. The van der Waals surface area contributed by atoms with Crippen molar-refractivity contribution in [1.29, 1.82) is 0 Å². The van der Waals surface area contributed by atoms with Crippen molar-refractivity contribution < 1.29 is 18.1 Å². The number of hydrogen-bond acceptors (Lipinski definition) is 4. The number of nitro groups is 1. The van der Waals surface area contributed by atoms with Gasteiger partial charge in [0.1, 0.15) is 4.92 Å². The van der Waals surface area contributed by atoms with Crippen molar-refractivity contribution in [3.8, 4) is 0 Å². The third-order valence-electron chi connectivity index (χ3n) is 1.92. The Morgan fingerprint density at radius 3 is 2.75 bits per heavy atom. The maximum atomic E-state index is 12.7. The Morgan fingerprint density at radius 2 is 2.31 bits per heavy atom.